The third-order valence-electron chi connectivity index (χ3n) is 7.49. The Bertz CT molecular complexity index is 2020. The maximum absolute atomic E-state index is 11.1. The molecule has 0 saturated heterocycles. The minimum Gasteiger partial charge on any atom is -0.465 e. The van der Waals surface area contributed by atoms with Crippen molar-refractivity contribution in [2.75, 3.05) is 24.3 Å². The van der Waals surface area contributed by atoms with E-state index in [0.717, 1.165) is 39.0 Å². The summed E-state index contributed by atoms with van der Waals surface area (Å²) in [7, 11) is 1.35. The number of nitrogen functional groups attached to an aromatic ring is 3. The van der Waals surface area contributed by atoms with Crippen LogP contribution in [-0.4, -0.2) is 32.7 Å². The van der Waals surface area contributed by atoms with Gasteiger partial charge in [0.05, 0.1) is 18.9 Å². The smallest absolute Gasteiger partial charge is 0.338 e. The summed E-state index contributed by atoms with van der Waals surface area (Å²) in [6.45, 7) is 10.0. The van der Waals surface area contributed by atoms with Crippen LogP contribution in [0.1, 0.15) is 55.1 Å². The first kappa shape index (κ1) is 34.7. The summed E-state index contributed by atoms with van der Waals surface area (Å²) >= 11 is 3.44. The van der Waals surface area contributed by atoms with Crippen molar-refractivity contribution >= 4 is 44.9 Å². The lowest BCUT2D eigenvalue weighted by Crippen LogP contribution is -2.05. The second-order valence-corrected chi connectivity index (χ2v) is 11.8. The van der Waals surface area contributed by atoms with Gasteiger partial charge in [0.2, 0.25) is 11.8 Å². The maximum Gasteiger partial charge on any atom is 0.338 e. The molecule has 47 heavy (non-hydrogen) atoms. The summed E-state index contributed by atoms with van der Waals surface area (Å²) < 4.78 is 11.9. The van der Waals surface area contributed by atoms with Crippen LogP contribution in [0.4, 0.5) is 17.3 Å². The fourth-order valence-corrected chi connectivity index (χ4v) is 5.38. The highest BCUT2D eigenvalue weighted by Gasteiger charge is 2.16. The molecule has 0 aliphatic rings. The van der Waals surface area contributed by atoms with Gasteiger partial charge in [-0.05, 0) is 98.8 Å². The molecular formula is C36H40BrN7O3. The standard InChI is InChI=1S/C18H18N6O.C9H11Br.C9H11NO2/c1-10-3-5-14(19)8-12(10)7-13-9-21-24-16(13)22-18(20)23-17(24)15-6-4-11(2)25-15;1-7-3-4-8(2)9(5-7)6-10;1-6-3-4-7(10)5-8(6)9(11)12-2/h3-6,8-9H,7,19H2,1-2H3,(H2,20,22);3-5H,6H2,1-2H3;3-5H,10H2,1-2H3. The quantitative estimate of drug-likeness (QED) is 0.0952. The lowest BCUT2D eigenvalue weighted by atomic mass is 10.0. The normalized spacial score (nSPS) is 10.5. The van der Waals surface area contributed by atoms with Crippen molar-refractivity contribution in [1.29, 1.82) is 0 Å². The molecule has 3 aromatic heterocycles. The Labute approximate surface area is 283 Å². The summed E-state index contributed by atoms with van der Waals surface area (Å²) in [6.07, 6.45) is 2.44. The average molecular weight is 699 g/mol. The molecule has 3 aromatic carbocycles. The molecule has 0 spiro atoms. The molecule has 11 heteroatoms. The number of fused-ring (bicyclic) bond motifs is 1. The highest BCUT2D eigenvalue weighted by molar-refractivity contribution is 9.08. The Kier molecular flexibility index (Phi) is 11.4. The minimum atomic E-state index is -0.347. The molecule has 0 saturated carbocycles. The van der Waals surface area contributed by atoms with Crippen LogP contribution in [0.2, 0.25) is 0 Å². The number of nitrogens with two attached hydrogens (primary N) is 3. The van der Waals surface area contributed by atoms with Crippen LogP contribution in [0.5, 0.6) is 0 Å². The fourth-order valence-electron chi connectivity index (χ4n) is 4.78. The number of methoxy groups -OCH3 is 1. The molecule has 6 rings (SSSR count). The topological polar surface area (TPSA) is 161 Å². The highest BCUT2D eigenvalue weighted by Crippen LogP contribution is 2.25. The Morgan fingerprint density at radius 3 is 2.11 bits per heavy atom. The van der Waals surface area contributed by atoms with Crippen LogP contribution >= 0.6 is 15.9 Å². The number of anilines is 3. The van der Waals surface area contributed by atoms with Gasteiger partial charge >= 0.3 is 5.97 Å². The molecule has 10 nitrogen and oxygen atoms in total. The number of hydrogen-bond acceptors (Lipinski definition) is 9. The second kappa shape index (κ2) is 15.4. The van der Waals surface area contributed by atoms with Crippen molar-refractivity contribution in [2.24, 2.45) is 0 Å². The Morgan fingerprint density at radius 1 is 0.809 bits per heavy atom. The molecule has 0 bridgehead atoms. The van der Waals surface area contributed by atoms with Crippen molar-refractivity contribution in [2.45, 2.75) is 46.4 Å². The van der Waals surface area contributed by atoms with Crippen molar-refractivity contribution in [3.05, 3.63) is 123 Å². The largest absolute Gasteiger partial charge is 0.465 e. The van der Waals surface area contributed by atoms with Crippen LogP contribution in [0, 0.1) is 34.6 Å². The fraction of sp³-hybridized carbons (Fsp3) is 0.222. The monoisotopic (exact) mass is 697 g/mol. The number of hydrogen-bond donors (Lipinski definition) is 3. The molecule has 244 valence electrons. The predicted molar refractivity (Wildman–Crippen MR) is 192 cm³/mol. The molecule has 0 unspecified atom stereocenters. The number of aryl methyl sites for hydroxylation is 5. The summed E-state index contributed by atoms with van der Waals surface area (Å²) in [5, 5.41) is 5.40. The van der Waals surface area contributed by atoms with Crippen molar-refractivity contribution in [1.82, 2.24) is 19.6 Å². The Hall–Kier alpha value is -5.16. The number of alkyl halides is 1. The number of esters is 1. The molecule has 0 fully saturated rings. The van der Waals surface area contributed by atoms with Crippen LogP contribution < -0.4 is 17.2 Å². The Balaban J connectivity index is 0.000000189. The van der Waals surface area contributed by atoms with E-state index in [-0.39, 0.29) is 11.9 Å². The number of ether oxygens (including phenoxy) is 1. The van der Waals surface area contributed by atoms with Gasteiger partial charge in [-0.3, -0.25) is 0 Å². The maximum atomic E-state index is 11.1. The van der Waals surface area contributed by atoms with Gasteiger partial charge in [-0.1, -0.05) is 51.8 Å². The summed E-state index contributed by atoms with van der Waals surface area (Å²) in [5.74, 6) is 1.77. The van der Waals surface area contributed by atoms with Gasteiger partial charge in [-0.15, -0.1) is 0 Å². The molecular weight excluding hydrogens is 658 g/mol. The van der Waals surface area contributed by atoms with Crippen molar-refractivity contribution < 1.29 is 13.9 Å². The van der Waals surface area contributed by atoms with Gasteiger partial charge in [-0.2, -0.15) is 19.6 Å². The van der Waals surface area contributed by atoms with Gasteiger partial charge in [0.25, 0.3) is 0 Å². The van der Waals surface area contributed by atoms with Crippen molar-refractivity contribution in [3.8, 4) is 11.6 Å². The van der Waals surface area contributed by atoms with Gasteiger partial charge in [0, 0.05) is 28.7 Å². The molecule has 0 aliphatic heterocycles. The van der Waals surface area contributed by atoms with E-state index in [9.17, 15) is 4.79 Å². The average Bonchev–Trinajstić information content (AvgIpc) is 3.67. The first-order chi connectivity index (χ1) is 22.4. The first-order valence-corrected chi connectivity index (χ1v) is 16.0. The van der Waals surface area contributed by atoms with Crippen LogP contribution in [-0.2, 0) is 16.5 Å². The predicted octanol–water partition coefficient (Wildman–Crippen LogP) is 7.32. The zero-order valence-corrected chi connectivity index (χ0v) is 29.1. The van der Waals surface area contributed by atoms with E-state index in [1.54, 1.807) is 28.9 Å². The minimum absolute atomic E-state index is 0.183. The summed E-state index contributed by atoms with van der Waals surface area (Å²) in [5.41, 5.74) is 28.0. The first-order valence-electron chi connectivity index (χ1n) is 14.9. The SMILES string of the molecule is COC(=O)c1cc(N)ccc1C.Cc1ccc(-c2nc(N)nc3c(Cc4cc(N)ccc4C)cnn23)o1.Cc1ccc(C)c(CBr)c1. The molecule has 0 radical (unpaired) electrons. The van der Waals surface area contributed by atoms with E-state index in [4.69, 9.17) is 21.6 Å². The number of furan rings is 1. The zero-order valence-electron chi connectivity index (χ0n) is 27.5. The second-order valence-electron chi connectivity index (χ2n) is 11.2. The number of carbonyl (C=O) groups is 1. The number of nitrogens with zero attached hydrogens (tertiary/aromatic N) is 4. The number of aromatic nitrogens is 4. The summed E-state index contributed by atoms with van der Waals surface area (Å²) in [4.78, 5) is 19.8. The number of benzene rings is 3. The third-order valence-corrected chi connectivity index (χ3v) is 8.09. The van der Waals surface area contributed by atoms with E-state index in [1.807, 2.05) is 44.2 Å². The van der Waals surface area contributed by atoms with Gasteiger partial charge < -0.3 is 26.4 Å². The van der Waals surface area contributed by atoms with Gasteiger partial charge in [0.15, 0.2) is 11.4 Å². The van der Waals surface area contributed by atoms with Crippen LogP contribution in [0.25, 0.3) is 17.2 Å². The zero-order chi connectivity index (χ0) is 34.2. The van der Waals surface area contributed by atoms with E-state index >= 15 is 0 Å². The van der Waals surface area contributed by atoms with E-state index < -0.39 is 0 Å². The lowest BCUT2D eigenvalue weighted by molar-refractivity contribution is 0.0600. The molecule has 0 amide bonds. The molecule has 3 heterocycles. The number of carbonyl (C=O) groups excluding carboxylic acids is 1. The molecule has 6 aromatic rings. The Morgan fingerprint density at radius 2 is 1.47 bits per heavy atom. The molecule has 6 N–H and O–H groups in total. The van der Waals surface area contributed by atoms with Crippen LogP contribution in [0.15, 0.2) is 77.3 Å². The summed E-state index contributed by atoms with van der Waals surface area (Å²) in [6, 6.07) is 21.3. The lowest BCUT2D eigenvalue weighted by Gasteiger charge is -2.07. The van der Waals surface area contributed by atoms with E-state index in [0.29, 0.717) is 34.9 Å². The number of rotatable bonds is 5. The van der Waals surface area contributed by atoms with E-state index in [1.165, 1.54) is 23.8 Å². The highest BCUT2D eigenvalue weighted by atomic mass is 79.9. The third kappa shape index (κ3) is 8.76. The van der Waals surface area contributed by atoms with Crippen LogP contribution in [0.3, 0.4) is 0 Å². The van der Waals surface area contributed by atoms with E-state index in [2.05, 4.69) is 74.7 Å². The molecule has 0 atom stereocenters. The van der Waals surface area contributed by atoms with Crippen molar-refractivity contribution in [3.63, 3.8) is 0 Å². The molecule has 0 aliphatic carbocycles. The van der Waals surface area contributed by atoms with Gasteiger partial charge in [0.1, 0.15) is 5.76 Å². The van der Waals surface area contributed by atoms with Gasteiger partial charge in [-0.25, -0.2) is 4.79 Å². The number of halogens is 1.